The van der Waals surface area contributed by atoms with Crippen LogP contribution < -0.4 is 19.7 Å². The Hall–Kier alpha value is -3.95. The van der Waals surface area contributed by atoms with Crippen LogP contribution in [0.15, 0.2) is 48.5 Å². The third kappa shape index (κ3) is 5.59. The molecule has 1 aliphatic rings. The number of methoxy groups -OCH3 is 2. The maximum absolute atomic E-state index is 13.4. The second-order valence-electron chi connectivity index (χ2n) is 8.48. The zero-order valence-corrected chi connectivity index (χ0v) is 20.2. The number of aromatic nitrogens is 4. The van der Waals surface area contributed by atoms with Crippen LogP contribution in [0, 0.1) is 0 Å². The van der Waals surface area contributed by atoms with Crippen molar-refractivity contribution in [1.82, 2.24) is 25.5 Å². The first-order valence-corrected chi connectivity index (χ1v) is 11.7. The second kappa shape index (κ2) is 11.0. The van der Waals surface area contributed by atoms with Gasteiger partial charge in [-0.1, -0.05) is 31.0 Å². The number of hydrogen-bond donors (Lipinski definition) is 1. The molecule has 1 aliphatic carbocycles. The van der Waals surface area contributed by atoms with E-state index in [4.69, 9.17) is 9.47 Å². The Labute approximate surface area is 204 Å². The van der Waals surface area contributed by atoms with E-state index in [1.807, 2.05) is 18.2 Å². The molecule has 2 amide bonds. The summed E-state index contributed by atoms with van der Waals surface area (Å²) in [6.07, 6.45) is 4.17. The molecule has 1 atom stereocenters. The predicted octanol–water partition coefficient (Wildman–Crippen LogP) is 2.84. The average molecular weight is 479 g/mol. The molecule has 0 saturated heterocycles. The number of anilines is 1. The van der Waals surface area contributed by atoms with Crippen LogP contribution in [0.4, 0.5) is 5.69 Å². The SMILES string of the molecule is COc1ccc(-c2nnn(CC(=O)N(c3ccccc3)C(C)C(=O)NC3CCCC3)n2)cc1OC. The molecule has 10 nitrogen and oxygen atoms in total. The molecule has 35 heavy (non-hydrogen) atoms. The lowest BCUT2D eigenvalue weighted by Crippen LogP contribution is -2.51. The van der Waals surface area contributed by atoms with Crippen LogP contribution in [-0.2, 0) is 16.1 Å². The van der Waals surface area contributed by atoms with Crippen molar-refractivity contribution in [2.45, 2.75) is 51.2 Å². The Morgan fingerprint density at radius 1 is 1.09 bits per heavy atom. The third-order valence-corrected chi connectivity index (χ3v) is 6.14. The highest BCUT2D eigenvalue weighted by Crippen LogP contribution is 2.30. The topological polar surface area (TPSA) is 111 Å². The van der Waals surface area contributed by atoms with Gasteiger partial charge in [0, 0.05) is 17.3 Å². The fraction of sp³-hybridized carbons (Fsp3) is 0.400. The number of para-hydroxylation sites is 1. The largest absolute Gasteiger partial charge is 0.493 e. The van der Waals surface area contributed by atoms with Crippen LogP contribution in [0.25, 0.3) is 11.4 Å². The van der Waals surface area contributed by atoms with Gasteiger partial charge in [0.25, 0.3) is 5.91 Å². The molecule has 1 N–H and O–H groups in total. The van der Waals surface area contributed by atoms with Gasteiger partial charge in [0.05, 0.1) is 14.2 Å². The lowest BCUT2D eigenvalue weighted by atomic mass is 10.1. The molecular formula is C25H30N6O4. The maximum Gasteiger partial charge on any atom is 0.251 e. The zero-order chi connectivity index (χ0) is 24.8. The molecular weight excluding hydrogens is 448 g/mol. The van der Waals surface area contributed by atoms with Crippen molar-refractivity contribution < 1.29 is 19.1 Å². The summed E-state index contributed by atoms with van der Waals surface area (Å²) in [5.74, 6) is 0.974. The van der Waals surface area contributed by atoms with E-state index < -0.39 is 6.04 Å². The number of tetrazole rings is 1. The fourth-order valence-corrected chi connectivity index (χ4v) is 4.28. The van der Waals surface area contributed by atoms with Crippen LogP contribution in [0.1, 0.15) is 32.6 Å². The van der Waals surface area contributed by atoms with Crippen molar-refractivity contribution in [3.8, 4) is 22.9 Å². The predicted molar refractivity (Wildman–Crippen MR) is 130 cm³/mol. The number of hydrogen-bond acceptors (Lipinski definition) is 7. The van der Waals surface area contributed by atoms with Crippen molar-refractivity contribution in [2.75, 3.05) is 19.1 Å². The molecule has 3 aromatic rings. The van der Waals surface area contributed by atoms with Crippen molar-refractivity contribution in [3.63, 3.8) is 0 Å². The summed E-state index contributed by atoms with van der Waals surface area (Å²) in [6, 6.07) is 13.9. The number of carbonyl (C=O) groups excluding carboxylic acids is 2. The second-order valence-corrected chi connectivity index (χ2v) is 8.48. The van der Waals surface area contributed by atoms with Crippen LogP contribution in [-0.4, -0.2) is 58.3 Å². The molecule has 0 spiro atoms. The van der Waals surface area contributed by atoms with E-state index in [1.165, 1.54) is 9.70 Å². The van der Waals surface area contributed by atoms with Gasteiger partial charge < -0.3 is 14.8 Å². The monoisotopic (exact) mass is 478 g/mol. The number of ether oxygens (including phenoxy) is 2. The first kappa shape index (κ1) is 24.2. The molecule has 4 rings (SSSR count). The van der Waals surface area contributed by atoms with Gasteiger partial charge in [-0.2, -0.15) is 4.80 Å². The lowest BCUT2D eigenvalue weighted by Gasteiger charge is -2.29. The number of benzene rings is 2. The zero-order valence-electron chi connectivity index (χ0n) is 20.2. The van der Waals surface area contributed by atoms with E-state index in [9.17, 15) is 9.59 Å². The first-order valence-electron chi connectivity index (χ1n) is 11.7. The van der Waals surface area contributed by atoms with Gasteiger partial charge >= 0.3 is 0 Å². The minimum Gasteiger partial charge on any atom is -0.493 e. The maximum atomic E-state index is 13.4. The molecule has 1 saturated carbocycles. The highest BCUT2D eigenvalue weighted by molar-refractivity contribution is 6.00. The summed E-state index contributed by atoms with van der Waals surface area (Å²) in [6.45, 7) is 1.56. The molecule has 184 valence electrons. The van der Waals surface area contributed by atoms with Crippen molar-refractivity contribution in [3.05, 3.63) is 48.5 Å². The summed E-state index contributed by atoms with van der Waals surface area (Å²) in [5, 5.41) is 15.6. The number of amides is 2. The lowest BCUT2D eigenvalue weighted by molar-refractivity contribution is -0.127. The molecule has 1 aromatic heterocycles. The quantitative estimate of drug-likeness (QED) is 0.503. The number of nitrogens with zero attached hydrogens (tertiary/aromatic N) is 5. The van der Waals surface area contributed by atoms with E-state index in [-0.39, 0.29) is 24.4 Å². The summed E-state index contributed by atoms with van der Waals surface area (Å²) in [5.41, 5.74) is 1.30. The minimum absolute atomic E-state index is 0.165. The first-order chi connectivity index (χ1) is 17.0. The summed E-state index contributed by atoms with van der Waals surface area (Å²) in [4.78, 5) is 29.1. The smallest absolute Gasteiger partial charge is 0.251 e. The van der Waals surface area contributed by atoms with Gasteiger partial charge in [0.1, 0.15) is 12.6 Å². The van der Waals surface area contributed by atoms with Crippen molar-refractivity contribution in [1.29, 1.82) is 0 Å². The third-order valence-electron chi connectivity index (χ3n) is 6.14. The summed E-state index contributed by atoms with van der Waals surface area (Å²) < 4.78 is 10.6. The molecule has 2 aromatic carbocycles. The standard InChI is InChI=1S/C25H30N6O4/c1-17(25(33)26-19-9-7-8-10-19)31(20-11-5-4-6-12-20)23(32)16-30-28-24(27-29-30)18-13-14-21(34-2)22(15-18)35-3/h4-6,11-15,17,19H,7-10,16H2,1-3H3,(H,26,33). The number of carbonyl (C=O) groups is 2. The fourth-order valence-electron chi connectivity index (χ4n) is 4.28. The van der Waals surface area contributed by atoms with E-state index in [2.05, 4.69) is 20.7 Å². The van der Waals surface area contributed by atoms with Gasteiger partial charge in [-0.15, -0.1) is 10.2 Å². The van der Waals surface area contributed by atoms with E-state index in [0.717, 1.165) is 25.7 Å². The summed E-state index contributed by atoms with van der Waals surface area (Å²) >= 11 is 0. The van der Waals surface area contributed by atoms with E-state index in [1.54, 1.807) is 51.5 Å². The van der Waals surface area contributed by atoms with Crippen molar-refractivity contribution >= 4 is 17.5 Å². The highest BCUT2D eigenvalue weighted by atomic mass is 16.5. The Kier molecular flexibility index (Phi) is 7.59. The number of nitrogens with one attached hydrogen (secondary N) is 1. The van der Waals surface area contributed by atoms with Gasteiger partial charge in [-0.3, -0.25) is 14.5 Å². The van der Waals surface area contributed by atoms with Crippen molar-refractivity contribution in [2.24, 2.45) is 0 Å². The van der Waals surface area contributed by atoms with Gasteiger partial charge in [0.15, 0.2) is 11.5 Å². The molecule has 1 heterocycles. The average Bonchev–Trinajstić information content (AvgIpc) is 3.56. The van der Waals surface area contributed by atoms with Gasteiger partial charge in [-0.05, 0) is 55.3 Å². The minimum atomic E-state index is -0.695. The Morgan fingerprint density at radius 2 is 1.80 bits per heavy atom. The molecule has 0 bridgehead atoms. The number of rotatable bonds is 9. The van der Waals surface area contributed by atoms with Crippen LogP contribution >= 0.6 is 0 Å². The molecule has 1 unspecified atom stereocenters. The van der Waals surface area contributed by atoms with Gasteiger partial charge in [-0.25, -0.2) is 0 Å². The summed E-state index contributed by atoms with van der Waals surface area (Å²) in [7, 11) is 3.11. The Morgan fingerprint density at radius 3 is 2.49 bits per heavy atom. The van der Waals surface area contributed by atoms with E-state index in [0.29, 0.717) is 28.6 Å². The highest BCUT2D eigenvalue weighted by Gasteiger charge is 2.30. The van der Waals surface area contributed by atoms with Gasteiger partial charge in [0.2, 0.25) is 11.7 Å². The molecule has 0 aliphatic heterocycles. The van der Waals surface area contributed by atoms with Crippen LogP contribution in [0.3, 0.4) is 0 Å². The van der Waals surface area contributed by atoms with E-state index >= 15 is 0 Å². The molecule has 10 heteroatoms. The Balaban J connectivity index is 1.52. The van der Waals surface area contributed by atoms with Crippen LogP contribution in [0.2, 0.25) is 0 Å². The normalized spacial score (nSPS) is 14.4. The molecule has 1 fully saturated rings. The molecule has 0 radical (unpaired) electrons. The Bertz CT molecular complexity index is 1160. The van der Waals surface area contributed by atoms with Crippen LogP contribution in [0.5, 0.6) is 11.5 Å².